The van der Waals surface area contributed by atoms with Crippen LogP contribution in [-0.4, -0.2) is 12.4 Å². The summed E-state index contributed by atoms with van der Waals surface area (Å²) in [6.45, 7) is 3.58. The number of hydrogen-bond donors (Lipinski definition) is 1. The molecule has 3 heteroatoms. The molecule has 1 atom stereocenters. The van der Waals surface area contributed by atoms with Crippen molar-refractivity contribution in [1.29, 1.82) is 0 Å². The van der Waals surface area contributed by atoms with Crippen LogP contribution < -0.4 is 10.1 Å². The molecule has 0 aromatic heterocycles. The minimum absolute atomic E-state index is 0.442. The third kappa shape index (κ3) is 3.42. The lowest BCUT2D eigenvalue weighted by molar-refractivity contribution is 0.334. The standard InChI is InChI=1S/C18H21NOS/c1-2-20-17-9-5-3-7-14(17)13-19-16-11-12-21-18-10-6-4-8-15(16)18/h3-10,16,19H,2,11-13H2,1H3. The van der Waals surface area contributed by atoms with E-state index in [0.29, 0.717) is 12.6 Å². The second-order valence-electron chi connectivity index (χ2n) is 5.15. The van der Waals surface area contributed by atoms with Crippen molar-refractivity contribution in [3.8, 4) is 5.75 Å². The molecule has 0 fully saturated rings. The van der Waals surface area contributed by atoms with Crippen LogP contribution in [0.3, 0.4) is 0 Å². The van der Waals surface area contributed by atoms with Crippen LogP contribution >= 0.6 is 11.8 Å². The van der Waals surface area contributed by atoms with Crippen LogP contribution in [0.1, 0.15) is 30.5 Å². The molecule has 2 nitrogen and oxygen atoms in total. The third-order valence-electron chi connectivity index (χ3n) is 3.77. The van der Waals surface area contributed by atoms with E-state index in [-0.39, 0.29) is 0 Å². The maximum Gasteiger partial charge on any atom is 0.123 e. The van der Waals surface area contributed by atoms with E-state index < -0.39 is 0 Å². The molecule has 2 aromatic rings. The van der Waals surface area contributed by atoms with Gasteiger partial charge in [-0.3, -0.25) is 0 Å². The van der Waals surface area contributed by atoms with E-state index >= 15 is 0 Å². The average Bonchev–Trinajstić information content (AvgIpc) is 2.54. The van der Waals surface area contributed by atoms with E-state index in [1.165, 1.54) is 28.2 Å². The maximum atomic E-state index is 5.70. The van der Waals surface area contributed by atoms with E-state index in [1.54, 1.807) is 0 Å². The predicted octanol–water partition coefficient (Wildman–Crippen LogP) is 4.41. The van der Waals surface area contributed by atoms with Gasteiger partial charge in [-0.05, 0) is 36.8 Å². The molecule has 0 saturated heterocycles. The van der Waals surface area contributed by atoms with Gasteiger partial charge in [-0.1, -0.05) is 36.4 Å². The molecule has 0 radical (unpaired) electrons. The number of rotatable bonds is 5. The summed E-state index contributed by atoms with van der Waals surface area (Å²) >= 11 is 1.96. The molecule has 3 rings (SSSR count). The van der Waals surface area contributed by atoms with E-state index in [2.05, 4.69) is 41.7 Å². The summed E-state index contributed by atoms with van der Waals surface area (Å²) in [4.78, 5) is 1.42. The Kier molecular flexibility index (Phi) is 4.84. The molecule has 0 spiro atoms. The molecule has 0 saturated carbocycles. The van der Waals surface area contributed by atoms with Gasteiger partial charge >= 0.3 is 0 Å². The zero-order valence-electron chi connectivity index (χ0n) is 12.3. The topological polar surface area (TPSA) is 21.3 Å². The predicted molar refractivity (Wildman–Crippen MR) is 89.0 cm³/mol. The van der Waals surface area contributed by atoms with Crippen molar-refractivity contribution in [2.24, 2.45) is 0 Å². The smallest absolute Gasteiger partial charge is 0.123 e. The molecule has 0 aliphatic carbocycles. The Hall–Kier alpha value is -1.45. The van der Waals surface area contributed by atoms with Crippen LogP contribution in [0.4, 0.5) is 0 Å². The molecule has 110 valence electrons. The van der Waals surface area contributed by atoms with Crippen LogP contribution in [0.25, 0.3) is 0 Å². The zero-order chi connectivity index (χ0) is 14.5. The zero-order valence-corrected chi connectivity index (χ0v) is 13.2. The Bertz CT molecular complexity index is 599. The average molecular weight is 299 g/mol. The fourth-order valence-electron chi connectivity index (χ4n) is 2.73. The van der Waals surface area contributed by atoms with Crippen LogP contribution in [0.5, 0.6) is 5.75 Å². The molecule has 2 aromatic carbocycles. The lowest BCUT2D eigenvalue weighted by Gasteiger charge is -2.26. The highest BCUT2D eigenvalue weighted by Crippen LogP contribution is 2.36. The van der Waals surface area contributed by atoms with Gasteiger partial charge in [0.25, 0.3) is 0 Å². The first-order chi connectivity index (χ1) is 10.4. The van der Waals surface area contributed by atoms with Gasteiger partial charge in [0.15, 0.2) is 0 Å². The lowest BCUT2D eigenvalue weighted by atomic mass is 10.0. The number of ether oxygens (including phenoxy) is 1. The quantitative estimate of drug-likeness (QED) is 0.883. The first kappa shape index (κ1) is 14.5. The van der Waals surface area contributed by atoms with Crippen molar-refractivity contribution in [2.45, 2.75) is 30.8 Å². The van der Waals surface area contributed by atoms with E-state index in [9.17, 15) is 0 Å². The highest BCUT2D eigenvalue weighted by atomic mass is 32.2. The minimum atomic E-state index is 0.442. The number of fused-ring (bicyclic) bond motifs is 1. The summed E-state index contributed by atoms with van der Waals surface area (Å²) < 4.78 is 5.70. The Morgan fingerprint density at radius 2 is 1.95 bits per heavy atom. The minimum Gasteiger partial charge on any atom is -0.494 e. The van der Waals surface area contributed by atoms with E-state index in [0.717, 1.165) is 12.3 Å². The monoisotopic (exact) mass is 299 g/mol. The fraction of sp³-hybridized carbons (Fsp3) is 0.333. The Morgan fingerprint density at radius 1 is 1.14 bits per heavy atom. The van der Waals surface area contributed by atoms with Gasteiger partial charge in [0.05, 0.1) is 6.61 Å². The molecule has 1 aliphatic heterocycles. The summed E-state index contributed by atoms with van der Waals surface area (Å²) in [6, 6.07) is 17.5. The Balaban J connectivity index is 1.72. The van der Waals surface area contributed by atoms with Gasteiger partial charge < -0.3 is 10.1 Å². The molecule has 0 bridgehead atoms. The van der Waals surface area contributed by atoms with Gasteiger partial charge in [-0.15, -0.1) is 11.8 Å². The summed E-state index contributed by atoms with van der Waals surface area (Å²) in [6.07, 6.45) is 1.18. The number of para-hydroxylation sites is 1. The SMILES string of the molecule is CCOc1ccccc1CNC1CCSc2ccccc21. The van der Waals surface area contributed by atoms with Gasteiger partial charge in [0.2, 0.25) is 0 Å². The normalized spacial score (nSPS) is 17.3. The van der Waals surface area contributed by atoms with Crippen LogP contribution in [0, 0.1) is 0 Å². The summed E-state index contributed by atoms with van der Waals surface area (Å²) in [5, 5.41) is 3.70. The second kappa shape index (κ2) is 7.01. The first-order valence-corrected chi connectivity index (χ1v) is 8.53. The van der Waals surface area contributed by atoms with Gasteiger partial charge in [0, 0.05) is 23.0 Å². The fourth-order valence-corrected chi connectivity index (χ4v) is 3.86. The number of benzene rings is 2. The molecule has 0 amide bonds. The van der Waals surface area contributed by atoms with Gasteiger partial charge in [0.1, 0.15) is 5.75 Å². The maximum absolute atomic E-state index is 5.70. The van der Waals surface area contributed by atoms with Gasteiger partial charge in [-0.2, -0.15) is 0 Å². The summed E-state index contributed by atoms with van der Waals surface area (Å²) in [5.74, 6) is 2.17. The lowest BCUT2D eigenvalue weighted by Crippen LogP contribution is -2.24. The highest BCUT2D eigenvalue weighted by molar-refractivity contribution is 7.99. The summed E-state index contributed by atoms with van der Waals surface area (Å²) in [5.41, 5.74) is 2.66. The van der Waals surface area contributed by atoms with E-state index in [4.69, 9.17) is 4.74 Å². The van der Waals surface area contributed by atoms with Crippen molar-refractivity contribution < 1.29 is 4.74 Å². The third-order valence-corrected chi connectivity index (χ3v) is 4.89. The van der Waals surface area contributed by atoms with Crippen LogP contribution in [-0.2, 0) is 6.54 Å². The Labute approximate surface area is 130 Å². The Morgan fingerprint density at radius 3 is 2.86 bits per heavy atom. The van der Waals surface area contributed by atoms with Crippen molar-refractivity contribution in [3.63, 3.8) is 0 Å². The highest BCUT2D eigenvalue weighted by Gasteiger charge is 2.19. The van der Waals surface area contributed by atoms with Crippen molar-refractivity contribution in [3.05, 3.63) is 59.7 Å². The first-order valence-electron chi connectivity index (χ1n) is 7.54. The number of thioether (sulfide) groups is 1. The molecule has 21 heavy (non-hydrogen) atoms. The van der Waals surface area contributed by atoms with Crippen molar-refractivity contribution >= 4 is 11.8 Å². The van der Waals surface area contributed by atoms with E-state index in [1.807, 2.05) is 30.8 Å². The van der Waals surface area contributed by atoms with Crippen LogP contribution in [0.15, 0.2) is 53.4 Å². The largest absolute Gasteiger partial charge is 0.494 e. The van der Waals surface area contributed by atoms with Gasteiger partial charge in [-0.25, -0.2) is 0 Å². The number of hydrogen-bond acceptors (Lipinski definition) is 3. The molecule has 1 N–H and O–H groups in total. The van der Waals surface area contributed by atoms with Crippen molar-refractivity contribution in [2.75, 3.05) is 12.4 Å². The van der Waals surface area contributed by atoms with Crippen LogP contribution in [0.2, 0.25) is 0 Å². The number of nitrogens with one attached hydrogen (secondary N) is 1. The molecular weight excluding hydrogens is 278 g/mol. The molecule has 1 aliphatic rings. The molecule has 1 unspecified atom stereocenters. The second-order valence-corrected chi connectivity index (χ2v) is 6.29. The molecular formula is C18H21NOS. The van der Waals surface area contributed by atoms with Crippen molar-refractivity contribution in [1.82, 2.24) is 5.32 Å². The summed E-state index contributed by atoms with van der Waals surface area (Å²) in [7, 11) is 0. The molecule has 1 heterocycles.